The molecule has 0 heterocycles. The van der Waals surface area contributed by atoms with Gasteiger partial charge in [-0.3, -0.25) is 4.79 Å². The third kappa shape index (κ3) is 3.75. The van der Waals surface area contributed by atoms with Gasteiger partial charge < -0.3 is 10.6 Å². The van der Waals surface area contributed by atoms with E-state index in [1.54, 1.807) is 12.1 Å². The van der Waals surface area contributed by atoms with Gasteiger partial charge in [-0.05, 0) is 25.0 Å². The van der Waals surface area contributed by atoms with Crippen molar-refractivity contribution >= 4 is 46.4 Å². The highest BCUT2D eigenvalue weighted by atomic mass is 35.5. The lowest BCUT2D eigenvalue weighted by Gasteiger charge is -2.10. The summed E-state index contributed by atoms with van der Waals surface area (Å²) in [4.78, 5) is 11.6. The smallest absolute Gasteiger partial charge is 0.238 e. The summed E-state index contributed by atoms with van der Waals surface area (Å²) in [6, 6.07) is 3.56. The number of amides is 1. The van der Waals surface area contributed by atoms with E-state index in [-0.39, 0.29) is 12.5 Å². The minimum Gasteiger partial charge on any atom is -0.322 e. The van der Waals surface area contributed by atoms with Crippen molar-refractivity contribution < 1.29 is 4.79 Å². The van der Waals surface area contributed by atoms with E-state index in [1.165, 1.54) is 0 Å². The Bertz CT molecular complexity index is 423. The van der Waals surface area contributed by atoms with Crippen LogP contribution in [0.15, 0.2) is 12.1 Å². The molecule has 0 saturated heterocycles. The normalized spacial score (nSPS) is 14.8. The van der Waals surface area contributed by atoms with Crippen molar-refractivity contribution in [3.05, 3.63) is 27.2 Å². The Balaban J connectivity index is 1.99. The van der Waals surface area contributed by atoms with Crippen LogP contribution in [0.2, 0.25) is 15.1 Å². The van der Waals surface area contributed by atoms with Gasteiger partial charge in [-0.25, -0.2) is 0 Å². The highest BCUT2D eigenvalue weighted by Crippen LogP contribution is 2.33. The van der Waals surface area contributed by atoms with Crippen LogP contribution in [0.3, 0.4) is 0 Å². The average molecular weight is 294 g/mol. The van der Waals surface area contributed by atoms with Gasteiger partial charge in [-0.1, -0.05) is 34.8 Å². The van der Waals surface area contributed by atoms with E-state index in [0.717, 1.165) is 12.8 Å². The molecule has 6 heteroatoms. The Kier molecular flexibility index (Phi) is 4.15. The Labute approximate surface area is 114 Å². The van der Waals surface area contributed by atoms with E-state index in [2.05, 4.69) is 10.6 Å². The standard InChI is InChI=1S/C11H11Cl3N2O/c12-6-3-8(13)11(9(14)4-6)16-10(17)5-15-7-1-2-7/h3-4,7,15H,1-2,5H2,(H,16,17). The summed E-state index contributed by atoms with van der Waals surface area (Å²) in [7, 11) is 0. The van der Waals surface area contributed by atoms with Gasteiger partial charge >= 0.3 is 0 Å². The molecular formula is C11H11Cl3N2O. The van der Waals surface area contributed by atoms with Crippen LogP contribution in [0, 0.1) is 0 Å². The molecule has 92 valence electrons. The summed E-state index contributed by atoms with van der Waals surface area (Å²) in [5.41, 5.74) is 0.403. The van der Waals surface area contributed by atoms with Gasteiger partial charge in [0.25, 0.3) is 0 Å². The maximum absolute atomic E-state index is 11.6. The van der Waals surface area contributed by atoms with Crippen molar-refractivity contribution in [2.75, 3.05) is 11.9 Å². The molecule has 0 unspecified atom stereocenters. The molecule has 0 bridgehead atoms. The molecule has 1 aliphatic rings. The maximum Gasteiger partial charge on any atom is 0.238 e. The lowest BCUT2D eigenvalue weighted by Crippen LogP contribution is -2.29. The summed E-state index contributed by atoms with van der Waals surface area (Å²) in [5, 5.41) is 6.88. The number of anilines is 1. The molecule has 3 nitrogen and oxygen atoms in total. The number of halogens is 3. The fourth-order valence-electron chi connectivity index (χ4n) is 1.37. The number of carbonyl (C=O) groups excluding carboxylic acids is 1. The molecule has 0 aromatic heterocycles. The first-order valence-corrected chi connectivity index (χ1v) is 6.37. The minimum atomic E-state index is -0.164. The number of hydrogen-bond acceptors (Lipinski definition) is 2. The predicted octanol–water partition coefficient (Wildman–Crippen LogP) is 3.34. The van der Waals surface area contributed by atoms with Crippen LogP contribution in [-0.2, 0) is 4.79 Å². The van der Waals surface area contributed by atoms with Crippen LogP contribution >= 0.6 is 34.8 Å². The van der Waals surface area contributed by atoms with Gasteiger partial charge in [0.15, 0.2) is 0 Å². The Morgan fingerprint density at radius 2 is 1.82 bits per heavy atom. The first kappa shape index (κ1) is 13.0. The van der Waals surface area contributed by atoms with E-state index in [1.807, 2.05) is 0 Å². The summed E-state index contributed by atoms with van der Waals surface area (Å²) in [5.74, 6) is -0.164. The number of carbonyl (C=O) groups is 1. The average Bonchev–Trinajstić information content (AvgIpc) is 3.04. The third-order valence-electron chi connectivity index (χ3n) is 2.40. The van der Waals surface area contributed by atoms with Crippen LogP contribution in [0.25, 0.3) is 0 Å². The van der Waals surface area contributed by atoms with E-state index in [4.69, 9.17) is 34.8 Å². The molecular weight excluding hydrogens is 282 g/mol. The quantitative estimate of drug-likeness (QED) is 0.894. The fourth-order valence-corrected chi connectivity index (χ4v) is 2.28. The number of nitrogens with one attached hydrogen (secondary N) is 2. The van der Waals surface area contributed by atoms with Gasteiger partial charge in [0.2, 0.25) is 5.91 Å². The van der Waals surface area contributed by atoms with Crippen LogP contribution in [-0.4, -0.2) is 18.5 Å². The van der Waals surface area contributed by atoms with Crippen LogP contribution in [0.4, 0.5) is 5.69 Å². The van der Waals surface area contributed by atoms with Crippen molar-refractivity contribution in [2.45, 2.75) is 18.9 Å². The monoisotopic (exact) mass is 292 g/mol. The van der Waals surface area contributed by atoms with Crippen molar-refractivity contribution in [3.63, 3.8) is 0 Å². The van der Waals surface area contributed by atoms with E-state index >= 15 is 0 Å². The molecule has 1 saturated carbocycles. The molecule has 1 aliphatic carbocycles. The molecule has 2 rings (SSSR count). The summed E-state index contributed by atoms with van der Waals surface area (Å²) < 4.78 is 0. The fraction of sp³-hybridized carbons (Fsp3) is 0.364. The van der Waals surface area contributed by atoms with Crippen LogP contribution < -0.4 is 10.6 Å². The highest BCUT2D eigenvalue weighted by molar-refractivity contribution is 6.42. The van der Waals surface area contributed by atoms with Crippen molar-refractivity contribution in [1.29, 1.82) is 0 Å². The first-order valence-electron chi connectivity index (χ1n) is 5.24. The van der Waals surface area contributed by atoms with Gasteiger partial charge in [-0.15, -0.1) is 0 Å². The largest absolute Gasteiger partial charge is 0.322 e. The molecule has 0 atom stereocenters. The molecule has 17 heavy (non-hydrogen) atoms. The zero-order chi connectivity index (χ0) is 12.4. The number of hydrogen-bond donors (Lipinski definition) is 2. The molecule has 0 radical (unpaired) electrons. The zero-order valence-electron chi connectivity index (χ0n) is 8.90. The lowest BCUT2D eigenvalue weighted by atomic mass is 10.3. The number of rotatable bonds is 4. The second kappa shape index (κ2) is 5.44. The van der Waals surface area contributed by atoms with Gasteiger partial charge in [0, 0.05) is 11.1 Å². The molecule has 1 aromatic rings. The third-order valence-corrected chi connectivity index (χ3v) is 3.21. The molecule has 0 spiro atoms. The molecule has 1 aromatic carbocycles. The second-order valence-electron chi connectivity index (χ2n) is 3.95. The van der Waals surface area contributed by atoms with Gasteiger partial charge in [-0.2, -0.15) is 0 Å². The topological polar surface area (TPSA) is 41.1 Å². The van der Waals surface area contributed by atoms with Crippen LogP contribution in [0.1, 0.15) is 12.8 Å². The van der Waals surface area contributed by atoms with Gasteiger partial charge in [0.1, 0.15) is 0 Å². The Morgan fingerprint density at radius 3 is 2.35 bits per heavy atom. The molecule has 1 fully saturated rings. The second-order valence-corrected chi connectivity index (χ2v) is 5.20. The molecule has 1 amide bonds. The highest BCUT2D eigenvalue weighted by Gasteiger charge is 2.21. The number of benzene rings is 1. The van der Waals surface area contributed by atoms with E-state index in [9.17, 15) is 4.79 Å². The maximum atomic E-state index is 11.6. The predicted molar refractivity (Wildman–Crippen MR) is 71.1 cm³/mol. The zero-order valence-corrected chi connectivity index (χ0v) is 11.2. The van der Waals surface area contributed by atoms with E-state index < -0.39 is 0 Å². The molecule has 0 aliphatic heterocycles. The molecule has 2 N–H and O–H groups in total. The van der Waals surface area contributed by atoms with E-state index in [0.29, 0.717) is 26.8 Å². The Morgan fingerprint density at radius 1 is 1.24 bits per heavy atom. The SMILES string of the molecule is O=C(CNC1CC1)Nc1c(Cl)cc(Cl)cc1Cl. The minimum absolute atomic E-state index is 0.164. The summed E-state index contributed by atoms with van der Waals surface area (Å²) in [6.45, 7) is 0.264. The van der Waals surface area contributed by atoms with Crippen molar-refractivity contribution in [3.8, 4) is 0 Å². The summed E-state index contributed by atoms with van der Waals surface area (Å²) >= 11 is 17.7. The van der Waals surface area contributed by atoms with Gasteiger partial charge in [0.05, 0.1) is 22.3 Å². The summed E-state index contributed by atoms with van der Waals surface area (Å²) in [6.07, 6.45) is 2.27. The Hall–Kier alpha value is -0.480. The van der Waals surface area contributed by atoms with Crippen molar-refractivity contribution in [1.82, 2.24) is 5.32 Å². The lowest BCUT2D eigenvalue weighted by molar-refractivity contribution is -0.115. The first-order chi connectivity index (χ1) is 8.06. The van der Waals surface area contributed by atoms with Crippen molar-refractivity contribution in [2.24, 2.45) is 0 Å². The van der Waals surface area contributed by atoms with Crippen LogP contribution in [0.5, 0.6) is 0 Å².